The summed E-state index contributed by atoms with van der Waals surface area (Å²) in [5, 5.41) is 12.9. The van der Waals surface area contributed by atoms with E-state index < -0.39 is 5.60 Å². The second-order valence-electron chi connectivity index (χ2n) is 9.19. The van der Waals surface area contributed by atoms with E-state index in [-0.39, 0.29) is 23.4 Å². The van der Waals surface area contributed by atoms with Crippen molar-refractivity contribution in [3.63, 3.8) is 0 Å². The molecule has 2 aromatic heterocycles. The fraction of sp³-hybridized carbons (Fsp3) is 0.462. The van der Waals surface area contributed by atoms with Gasteiger partial charge in [0.15, 0.2) is 5.78 Å². The number of likely N-dealkylation sites (tertiary alicyclic amines) is 1. The first kappa shape index (κ1) is 24.2. The van der Waals surface area contributed by atoms with Crippen LogP contribution in [0.5, 0.6) is 5.75 Å². The highest BCUT2D eigenvalue weighted by Crippen LogP contribution is 2.39. The van der Waals surface area contributed by atoms with Crippen molar-refractivity contribution in [2.75, 3.05) is 25.4 Å². The summed E-state index contributed by atoms with van der Waals surface area (Å²) in [6.45, 7) is 5.48. The lowest BCUT2D eigenvalue weighted by Crippen LogP contribution is -2.45. The predicted molar refractivity (Wildman–Crippen MR) is 137 cm³/mol. The Labute approximate surface area is 212 Å². The molecule has 35 heavy (non-hydrogen) atoms. The van der Waals surface area contributed by atoms with E-state index in [9.17, 15) is 14.7 Å². The third-order valence-corrected chi connectivity index (χ3v) is 8.87. The summed E-state index contributed by atoms with van der Waals surface area (Å²) in [7, 11) is 0. The SMILES string of the molecule is CCOc1ccc2nc(C)nc(SCC(=O)c3ccc(C4(O)CCN(C(=O)C5CC5)CC4)s3)c2c1. The normalized spacial score (nSPS) is 17.5. The first-order valence-corrected chi connectivity index (χ1v) is 13.8. The molecule has 9 heteroatoms. The Morgan fingerprint density at radius 1 is 1.20 bits per heavy atom. The number of fused-ring (bicyclic) bond motifs is 1. The molecule has 0 radical (unpaired) electrons. The average Bonchev–Trinajstić information content (AvgIpc) is 3.58. The van der Waals surface area contributed by atoms with Crippen LogP contribution in [0.3, 0.4) is 0 Å². The maximum atomic E-state index is 13.0. The highest BCUT2D eigenvalue weighted by molar-refractivity contribution is 8.00. The number of piperidine rings is 1. The number of rotatable bonds is 8. The second-order valence-corrected chi connectivity index (χ2v) is 11.2. The molecule has 184 valence electrons. The molecule has 3 heterocycles. The summed E-state index contributed by atoms with van der Waals surface area (Å²) >= 11 is 2.75. The van der Waals surface area contributed by atoms with E-state index in [1.54, 1.807) is 6.07 Å². The molecule has 2 aliphatic rings. The van der Waals surface area contributed by atoms with Gasteiger partial charge >= 0.3 is 0 Å². The molecule has 5 rings (SSSR count). The van der Waals surface area contributed by atoms with Crippen LogP contribution in [0.15, 0.2) is 35.4 Å². The van der Waals surface area contributed by atoms with Gasteiger partial charge in [0.05, 0.1) is 22.8 Å². The lowest BCUT2D eigenvalue weighted by atomic mass is 9.89. The number of hydrogen-bond acceptors (Lipinski definition) is 8. The van der Waals surface area contributed by atoms with Gasteiger partial charge in [-0.1, -0.05) is 11.8 Å². The van der Waals surface area contributed by atoms with Gasteiger partial charge in [-0.2, -0.15) is 0 Å². The smallest absolute Gasteiger partial charge is 0.225 e. The lowest BCUT2D eigenvalue weighted by molar-refractivity contribution is -0.137. The first-order chi connectivity index (χ1) is 16.9. The zero-order valence-corrected chi connectivity index (χ0v) is 21.6. The van der Waals surface area contributed by atoms with Crippen molar-refractivity contribution in [1.29, 1.82) is 0 Å². The number of aromatic nitrogens is 2. The molecule has 7 nitrogen and oxygen atoms in total. The summed E-state index contributed by atoms with van der Waals surface area (Å²) in [4.78, 5) is 37.7. The van der Waals surface area contributed by atoms with Gasteiger partial charge in [0.25, 0.3) is 0 Å². The molecule has 3 aromatic rings. The highest BCUT2D eigenvalue weighted by atomic mass is 32.2. The number of hydrogen-bond donors (Lipinski definition) is 1. The Bertz CT molecular complexity index is 1260. The Hall–Kier alpha value is -2.49. The van der Waals surface area contributed by atoms with Crippen molar-refractivity contribution in [2.45, 2.75) is 50.2 Å². The molecule has 0 atom stereocenters. The number of thioether (sulfide) groups is 1. The molecule has 0 bridgehead atoms. The van der Waals surface area contributed by atoms with Gasteiger partial charge in [0.2, 0.25) is 5.91 Å². The highest BCUT2D eigenvalue weighted by Gasteiger charge is 2.40. The zero-order chi connectivity index (χ0) is 24.6. The van der Waals surface area contributed by atoms with Crippen LogP contribution in [0.1, 0.15) is 53.0 Å². The Morgan fingerprint density at radius 2 is 1.97 bits per heavy atom. The number of Topliss-reactive ketones (excluding diaryl/α,β-unsaturated/α-hetero) is 1. The summed E-state index contributed by atoms with van der Waals surface area (Å²) in [6, 6.07) is 9.39. The molecule has 0 spiro atoms. The number of thiophene rings is 1. The number of benzene rings is 1. The van der Waals surface area contributed by atoms with Crippen LogP contribution in [-0.4, -0.2) is 57.1 Å². The Morgan fingerprint density at radius 3 is 2.69 bits per heavy atom. The maximum Gasteiger partial charge on any atom is 0.225 e. The second kappa shape index (κ2) is 9.87. The summed E-state index contributed by atoms with van der Waals surface area (Å²) < 4.78 is 5.62. The van der Waals surface area contributed by atoms with E-state index in [2.05, 4.69) is 9.97 Å². The number of aryl methyl sites for hydroxylation is 1. The number of amides is 1. The monoisotopic (exact) mass is 511 g/mol. The van der Waals surface area contributed by atoms with E-state index in [4.69, 9.17) is 4.74 Å². The quantitative estimate of drug-likeness (QED) is 0.269. The fourth-order valence-electron chi connectivity index (χ4n) is 4.43. The van der Waals surface area contributed by atoms with Crippen molar-refractivity contribution in [1.82, 2.24) is 14.9 Å². The van der Waals surface area contributed by atoms with E-state index in [0.29, 0.717) is 43.2 Å². The largest absolute Gasteiger partial charge is 0.494 e. The minimum Gasteiger partial charge on any atom is -0.494 e. The molecule has 1 N–H and O–H groups in total. The van der Waals surface area contributed by atoms with Crippen molar-refractivity contribution in [3.05, 3.63) is 45.9 Å². The van der Waals surface area contributed by atoms with E-state index in [0.717, 1.165) is 39.4 Å². The third-order valence-electron chi connectivity index (χ3n) is 6.56. The van der Waals surface area contributed by atoms with Gasteiger partial charge < -0.3 is 14.7 Å². The number of ketones is 1. The number of aliphatic hydroxyl groups is 1. The average molecular weight is 512 g/mol. The zero-order valence-electron chi connectivity index (χ0n) is 20.0. The van der Waals surface area contributed by atoms with Crippen molar-refractivity contribution < 1.29 is 19.4 Å². The van der Waals surface area contributed by atoms with E-state index in [1.807, 2.05) is 43.0 Å². The number of ether oxygens (including phenoxy) is 1. The van der Waals surface area contributed by atoms with Crippen LogP contribution >= 0.6 is 23.1 Å². The van der Waals surface area contributed by atoms with Crippen LogP contribution in [0.25, 0.3) is 10.9 Å². The van der Waals surface area contributed by atoms with Gasteiger partial charge in [-0.25, -0.2) is 9.97 Å². The summed E-state index contributed by atoms with van der Waals surface area (Å²) in [6.07, 6.45) is 2.99. The number of nitrogens with zero attached hydrogens (tertiary/aromatic N) is 3. The Balaban J connectivity index is 1.25. The Kier molecular flexibility index (Phi) is 6.83. The maximum absolute atomic E-state index is 13.0. The van der Waals surface area contributed by atoms with E-state index in [1.165, 1.54) is 23.1 Å². The van der Waals surface area contributed by atoms with Crippen molar-refractivity contribution in [2.24, 2.45) is 5.92 Å². The van der Waals surface area contributed by atoms with Gasteiger partial charge in [0.1, 0.15) is 22.2 Å². The third kappa shape index (κ3) is 5.22. The molecule has 0 unspecified atom stereocenters. The molecule has 1 amide bonds. The molecular formula is C26H29N3O4S2. The van der Waals surface area contributed by atoms with Crippen molar-refractivity contribution >= 4 is 45.7 Å². The molecule has 1 saturated heterocycles. The minimum absolute atomic E-state index is 0.00146. The molecular weight excluding hydrogens is 482 g/mol. The van der Waals surface area contributed by atoms with Crippen LogP contribution in [-0.2, 0) is 10.4 Å². The number of carbonyl (C=O) groups excluding carboxylic acids is 2. The van der Waals surface area contributed by atoms with Crippen LogP contribution in [0.4, 0.5) is 0 Å². The van der Waals surface area contributed by atoms with E-state index >= 15 is 0 Å². The van der Waals surface area contributed by atoms with Crippen LogP contribution in [0.2, 0.25) is 0 Å². The van der Waals surface area contributed by atoms with Gasteiger partial charge in [-0.3, -0.25) is 9.59 Å². The minimum atomic E-state index is -0.980. The fourth-order valence-corrected chi connectivity index (χ4v) is 6.55. The molecule has 1 saturated carbocycles. The van der Waals surface area contributed by atoms with Crippen LogP contribution < -0.4 is 4.74 Å². The molecule has 1 aliphatic heterocycles. The van der Waals surface area contributed by atoms with Crippen molar-refractivity contribution in [3.8, 4) is 5.75 Å². The first-order valence-electron chi connectivity index (χ1n) is 12.0. The van der Waals surface area contributed by atoms with Gasteiger partial charge in [-0.05, 0) is 69.9 Å². The molecule has 1 aliphatic carbocycles. The summed E-state index contributed by atoms with van der Waals surface area (Å²) in [5.74, 6) is 2.08. The number of carbonyl (C=O) groups is 2. The molecule has 2 fully saturated rings. The topological polar surface area (TPSA) is 92.6 Å². The lowest BCUT2D eigenvalue weighted by Gasteiger charge is -2.37. The predicted octanol–water partition coefficient (Wildman–Crippen LogP) is 4.59. The van der Waals surface area contributed by atoms with Gasteiger partial charge in [0, 0.05) is 29.3 Å². The standard InChI is InChI=1S/C26H29N3O4S2/c1-3-33-18-6-7-20-19(14-18)24(28-16(2)27-20)34-15-21(30)22-8-9-23(35-22)26(32)10-12-29(13-11-26)25(31)17-4-5-17/h6-9,14,17,32H,3-5,10-13,15H2,1-2H3. The molecule has 1 aromatic carbocycles. The summed E-state index contributed by atoms with van der Waals surface area (Å²) in [5.41, 5.74) is -0.158. The van der Waals surface area contributed by atoms with Gasteiger partial charge in [-0.15, -0.1) is 11.3 Å². The van der Waals surface area contributed by atoms with Crippen LogP contribution in [0, 0.1) is 12.8 Å².